The lowest BCUT2D eigenvalue weighted by molar-refractivity contribution is 0.00988. The van der Waals surface area contributed by atoms with Gasteiger partial charge in [0, 0.05) is 60.2 Å². The van der Waals surface area contributed by atoms with E-state index in [0.717, 1.165) is 77.8 Å². The summed E-state index contributed by atoms with van der Waals surface area (Å²) in [6, 6.07) is 0. The molecule has 2 saturated heterocycles. The molecule has 7 heteroatoms. The van der Waals surface area contributed by atoms with Crippen LogP contribution in [0.2, 0.25) is 0 Å². The number of ether oxygens (including phenoxy) is 3. The van der Waals surface area contributed by atoms with E-state index in [-0.39, 0.29) is 0 Å². The van der Waals surface area contributed by atoms with Crippen LogP contribution >= 0.6 is 0 Å². The number of hydrogen-bond acceptors (Lipinski definition) is 5. The molecule has 2 rings (SSSR count). The van der Waals surface area contributed by atoms with Gasteiger partial charge in [0.25, 0.3) is 0 Å². The smallest absolute Gasteiger partial charge is 0.193 e. The van der Waals surface area contributed by atoms with Crippen LogP contribution in [0.25, 0.3) is 0 Å². The fourth-order valence-electron chi connectivity index (χ4n) is 3.94. The molecule has 0 aromatic rings. The van der Waals surface area contributed by atoms with E-state index in [1.54, 1.807) is 14.2 Å². The lowest BCUT2D eigenvalue weighted by Gasteiger charge is -2.35. The number of hydrogen-bond donors (Lipinski definition) is 1. The lowest BCUT2D eigenvalue weighted by Crippen LogP contribution is -2.47. The monoisotopic (exact) mass is 398 g/mol. The van der Waals surface area contributed by atoms with Crippen molar-refractivity contribution in [2.75, 3.05) is 79.9 Å². The van der Waals surface area contributed by atoms with Crippen LogP contribution in [-0.4, -0.2) is 102 Å². The van der Waals surface area contributed by atoms with Gasteiger partial charge in [0.1, 0.15) is 0 Å². The van der Waals surface area contributed by atoms with Crippen molar-refractivity contribution < 1.29 is 14.2 Å². The molecule has 1 N–H and O–H groups in total. The first-order chi connectivity index (χ1) is 13.8. The van der Waals surface area contributed by atoms with E-state index in [1.165, 1.54) is 25.9 Å². The van der Waals surface area contributed by atoms with Crippen LogP contribution in [-0.2, 0) is 14.2 Å². The second-order valence-corrected chi connectivity index (χ2v) is 7.88. The molecule has 0 aromatic heterocycles. The number of rotatable bonds is 11. The maximum Gasteiger partial charge on any atom is 0.193 e. The zero-order valence-corrected chi connectivity index (χ0v) is 18.3. The molecule has 0 saturated carbocycles. The second-order valence-electron chi connectivity index (χ2n) is 7.88. The summed E-state index contributed by atoms with van der Waals surface area (Å²) in [6.07, 6.45) is 6.00. The van der Waals surface area contributed by atoms with Crippen LogP contribution in [0.1, 0.15) is 39.0 Å². The van der Waals surface area contributed by atoms with Crippen LogP contribution in [0.3, 0.4) is 0 Å². The van der Waals surface area contributed by atoms with Crippen molar-refractivity contribution in [3.8, 4) is 0 Å². The number of nitrogens with one attached hydrogen (secondary N) is 1. The summed E-state index contributed by atoms with van der Waals surface area (Å²) in [5, 5.41) is 3.49. The van der Waals surface area contributed by atoms with Gasteiger partial charge in [0.15, 0.2) is 5.96 Å². The van der Waals surface area contributed by atoms with Gasteiger partial charge in [-0.3, -0.25) is 4.99 Å². The Morgan fingerprint density at radius 3 is 2.32 bits per heavy atom. The van der Waals surface area contributed by atoms with Crippen molar-refractivity contribution in [3.05, 3.63) is 0 Å². The topological polar surface area (TPSA) is 58.6 Å². The molecule has 0 aliphatic carbocycles. The average Bonchev–Trinajstić information content (AvgIpc) is 2.74. The van der Waals surface area contributed by atoms with Gasteiger partial charge in [0.2, 0.25) is 0 Å². The molecule has 0 atom stereocenters. The lowest BCUT2D eigenvalue weighted by atomic mass is 9.97. The van der Waals surface area contributed by atoms with E-state index in [1.807, 2.05) is 0 Å². The highest BCUT2D eigenvalue weighted by molar-refractivity contribution is 5.80. The largest absolute Gasteiger partial charge is 0.385 e. The quantitative estimate of drug-likeness (QED) is 0.326. The summed E-state index contributed by atoms with van der Waals surface area (Å²) in [5.41, 5.74) is 0. The Hall–Kier alpha value is -0.890. The van der Waals surface area contributed by atoms with Crippen LogP contribution in [0.4, 0.5) is 0 Å². The van der Waals surface area contributed by atoms with Crippen molar-refractivity contribution in [1.29, 1.82) is 0 Å². The Labute approximate surface area is 171 Å². The van der Waals surface area contributed by atoms with Crippen molar-refractivity contribution in [3.63, 3.8) is 0 Å². The third kappa shape index (κ3) is 8.64. The fourth-order valence-corrected chi connectivity index (χ4v) is 3.94. The Morgan fingerprint density at radius 1 is 0.964 bits per heavy atom. The number of aliphatic imine (C=N–C) groups is 1. The molecule has 2 heterocycles. The normalized spacial score (nSPS) is 20.7. The van der Waals surface area contributed by atoms with Crippen LogP contribution in [0.5, 0.6) is 0 Å². The van der Waals surface area contributed by atoms with Gasteiger partial charge >= 0.3 is 0 Å². The van der Waals surface area contributed by atoms with Gasteiger partial charge in [-0.25, -0.2) is 0 Å². The predicted octanol–water partition coefficient (Wildman–Crippen LogP) is 1.83. The van der Waals surface area contributed by atoms with E-state index in [4.69, 9.17) is 19.2 Å². The molecule has 28 heavy (non-hydrogen) atoms. The molecule has 0 bridgehead atoms. The van der Waals surface area contributed by atoms with Crippen molar-refractivity contribution in [1.82, 2.24) is 15.1 Å². The summed E-state index contributed by atoms with van der Waals surface area (Å²) in [4.78, 5) is 9.91. The predicted molar refractivity (Wildman–Crippen MR) is 114 cm³/mol. The minimum Gasteiger partial charge on any atom is -0.385 e. The SMILES string of the molecule is CCNC(=NCC1CCN(CCOC)CC1)N1CCC(OCCCOC)CC1. The Morgan fingerprint density at radius 2 is 1.68 bits per heavy atom. The van der Waals surface area contributed by atoms with Gasteiger partial charge < -0.3 is 29.3 Å². The van der Waals surface area contributed by atoms with Gasteiger partial charge in [-0.15, -0.1) is 0 Å². The third-order valence-electron chi connectivity index (χ3n) is 5.74. The highest BCUT2D eigenvalue weighted by Gasteiger charge is 2.23. The zero-order valence-electron chi connectivity index (χ0n) is 18.3. The first-order valence-corrected chi connectivity index (χ1v) is 11.1. The number of nitrogens with zero attached hydrogens (tertiary/aromatic N) is 3. The number of likely N-dealkylation sites (tertiary alicyclic amines) is 2. The van der Waals surface area contributed by atoms with Crippen molar-refractivity contribution >= 4 is 5.96 Å². The second kappa shape index (κ2) is 14.1. The molecule has 7 nitrogen and oxygen atoms in total. The molecule has 2 aliphatic rings. The van der Waals surface area contributed by atoms with Crippen molar-refractivity contribution in [2.45, 2.75) is 45.1 Å². The maximum absolute atomic E-state index is 5.99. The molecule has 0 spiro atoms. The minimum absolute atomic E-state index is 0.382. The number of piperidine rings is 2. The maximum atomic E-state index is 5.99. The molecular weight excluding hydrogens is 356 g/mol. The zero-order chi connectivity index (χ0) is 20.0. The molecule has 164 valence electrons. The number of guanidine groups is 1. The number of methoxy groups -OCH3 is 2. The first-order valence-electron chi connectivity index (χ1n) is 11.1. The standard InChI is InChI=1S/C21H42N4O3/c1-4-22-21(23-18-19-6-10-24(11-7-19)14-17-27-3)25-12-8-20(9-13-25)28-16-5-15-26-2/h19-20H,4-18H2,1-3H3,(H,22,23). The minimum atomic E-state index is 0.382. The first kappa shape index (κ1) is 23.4. The Balaban J connectivity index is 1.71. The summed E-state index contributed by atoms with van der Waals surface area (Å²) in [7, 11) is 3.52. The highest BCUT2D eigenvalue weighted by atomic mass is 16.5. The summed E-state index contributed by atoms with van der Waals surface area (Å²) >= 11 is 0. The van der Waals surface area contributed by atoms with E-state index < -0.39 is 0 Å². The van der Waals surface area contributed by atoms with Gasteiger partial charge in [-0.1, -0.05) is 0 Å². The van der Waals surface area contributed by atoms with Gasteiger partial charge in [-0.05, 0) is 58.0 Å². The molecule has 2 aliphatic heterocycles. The van der Waals surface area contributed by atoms with E-state index >= 15 is 0 Å². The van der Waals surface area contributed by atoms with E-state index in [2.05, 4.69) is 22.0 Å². The summed E-state index contributed by atoms with van der Waals surface area (Å²) < 4.78 is 16.3. The van der Waals surface area contributed by atoms with E-state index in [0.29, 0.717) is 12.0 Å². The molecule has 0 aromatic carbocycles. The molecule has 2 fully saturated rings. The van der Waals surface area contributed by atoms with Crippen molar-refractivity contribution in [2.24, 2.45) is 10.9 Å². The van der Waals surface area contributed by atoms with Crippen LogP contribution < -0.4 is 5.32 Å². The fraction of sp³-hybridized carbons (Fsp3) is 0.952. The van der Waals surface area contributed by atoms with Gasteiger partial charge in [-0.2, -0.15) is 0 Å². The third-order valence-corrected chi connectivity index (χ3v) is 5.74. The highest BCUT2D eigenvalue weighted by Crippen LogP contribution is 2.18. The molecule has 0 amide bonds. The molecule has 0 unspecified atom stereocenters. The Kier molecular flexibility index (Phi) is 11.8. The Bertz CT molecular complexity index is 420. The summed E-state index contributed by atoms with van der Waals surface area (Å²) in [5.74, 6) is 1.79. The van der Waals surface area contributed by atoms with Crippen LogP contribution in [0, 0.1) is 5.92 Å². The molecular formula is C21H42N4O3. The van der Waals surface area contributed by atoms with E-state index in [9.17, 15) is 0 Å². The van der Waals surface area contributed by atoms with Crippen LogP contribution in [0.15, 0.2) is 4.99 Å². The molecule has 0 radical (unpaired) electrons. The van der Waals surface area contributed by atoms with Gasteiger partial charge in [0.05, 0.1) is 12.7 Å². The summed E-state index contributed by atoms with van der Waals surface area (Å²) in [6.45, 7) is 11.9. The average molecular weight is 399 g/mol.